The maximum absolute atomic E-state index is 17.1. The molecule has 0 saturated carbocycles. The van der Waals surface area contributed by atoms with Crippen LogP contribution in [0.25, 0.3) is 32.9 Å². The molecule has 0 amide bonds. The van der Waals surface area contributed by atoms with E-state index in [9.17, 15) is 10.2 Å². The average molecular weight is 732 g/mol. The molecule has 9 rings (SSSR count). The number of pyridine rings is 1. The molecular weight excluding hydrogens is 683 g/mol. The number of benzene rings is 2. The van der Waals surface area contributed by atoms with Crippen molar-refractivity contribution in [3.63, 3.8) is 0 Å². The van der Waals surface area contributed by atoms with E-state index in [1.807, 2.05) is 6.92 Å². The normalized spacial score (nSPS) is 28.1. The van der Waals surface area contributed by atoms with E-state index < -0.39 is 23.3 Å². The average Bonchev–Trinajstić information content (AvgIpc) is 3.77. The van der Waals surface area contributed by atoms with Gasteiger partial charge in [0.05, 0.1) is 17.0 Å². The lowest BCUT2D eigenvalue weighted by atomic mass is 9.89. The second kappa shape index (κ2) is 13.8. The van der Waals surface area contributed by atoms with Gasteiger partial charge in [0, 0.05) is 69.5 Å². The second-order valence-electron chi connectivity index (χ2n) is 16.2. The number of aliphatic hydroxyl groups is 1. The summed E-state index contributed by atoms with van der Waals surface area (Å²) >= 11 is 0. The van der Waals surface area contributed by atoms with E-state index in [-0.39, 0.29) is 41.2 Å². The zero-order valence-electron chi connectivity index (χ0n) is 30.2. The SMILES string of the molecule is CCc1c(F)ccc2cc(O)cc(-c3ncc4c(N5C[C@H]6CC[C@@H](C5)N6)nc(OC[C@]56C[C@@H](F)CN5C[C@@H](CCN5CCC(O)CC5)C6)nc4c3F)c12. The number of likely N-dealkylation sites (tertiary alicyclic amines) is 1. The molecule has 282 valence electrons. The third-order valence-electron chi connectivity index (χ3n) is 12.6. The Morgan fingerprint density at radius 2 is 1.79 bits per heavy atom. The van der Waals surface area contributed by atoms with Crippen LogP contribution in [-0.4, -0.2) is 117 Å². The Kier molecular flexibility index (Phi) is 9.11. The van der Waals surface area contributed by atoms with Crippen LogP contribution >= 0.6 is 0 Å². The molecule has 0 spiro atoms. The first kappa shape index (κ1) is 35.0. The van der Waals surface area contributed by atoms with Crippen LogP contribution in [0.15, 0.2) is 30.5 Å². The Bertz CT molecular complexity index is 2020. The molecule has 5 aliphatic rings. The van der Waals surface area contributed by atoms with Crippen LogP contribution in [0.4, 0.5) is 19.0 Å². The Morgan fingerprint density at radius 1 is 1.00 bits per heavy atom. The highest BCUT2D eigenvalue weighted by Crippen LogP contribution is 2.45. The number of phenolic OH excluding ortho intramolecular Hbond substituents is 1. The number of hydrogen-bond donors (Lipinski definition) is 3. The van der Waals surface area contributed by atoms with E-state index in [1.165, 1.54) is 12.1 Å². The maximum Gasteiger partial charge on any atom is 0.319 e. The summed E-state index contributed by atoms with van der Waals surface area (Å²) in [5, 5.41) is 25.8. The molecule has 4 aromatic rings. The van der Waals surface area contributed by atoms with Gasteiger partial charge in [-0.05, 0) is 91.9 Å². The monoisotopic (exact) mass is 731 g/mol. The molecule has 2 aromatic carbocycles. The number of aryl methyl sites for hydroxylation is 1. The zero-order valence-corrected chi connectivity index (χ0v) is 30.2. The molecule has 5 saturated heterocycles. The van der Waals surface area contributed by atoms with Crippen LogP contribution in [0.3, 0.4) is 0 Å². The lowest BCUT2D eigenvalue weighted by Crippen LogP contribution is -2.51. The molecule has 0 radical (unpaired) electrons. The fourth-order valence-electron chi connectivity index (χ4n) is 10.1. The highest BCUT2D eigenvalue weighted by molar-refractivity contribution is 6.01. The Morgan fingerprint density at radius 3 is 2.57 bits per heavy atom. The first-order valence-electron chi connectivity index (χ1n) is 19.4. The molecule has 5 aliphatic heterocycles. The molecule has 13 heteroatoms. The number of anilines is 1. The van der Waals surface area contributed by atoms with E-state index in [4.69, 9.17) is 9.72 Å². The number of ether oxygens (including phenoxy) is 1. The largest absolute Gasteiger partial charge is 0.508 e. The summed E-state index contributed by atoms with van der Waals surface area (Å²) in [7, 11) is 0. The van der Waals surface area contributed by atoms with Crippen molar-refractivity contribution < 1.29 is 28.1 Å². The highest BCUT2D eigenvalue weighted by Gasteiger charge is 2.52. The van der Waals surface area contributed by atoms with Crippen molar-refractivity contribution >= 4 is 27.5 Å². The summed E-state index contributed by atoms with van der Waals surface area (Å²) in [4.78, 5) is 21.0. The van der Waals surface area contributed by atoms with Gasteiger partial charge in [-0.1, -0.05) is 13.0 Å². The number of aliphatic hydroxyl groups excluding tert-OH is 1. The predicted octanol–water partition coefficient (Wildman–Crippen LogP) is 5.36. The van der Waals surface area contributed by atoms with E-state index in [2.05, 4.69) is 30.0 Å². The summed E-state index contributed by atoms with van der Waals surface area (Å²) in [5.74, 6) is -0.255. The van der Waals surface area contributed by atoms with E-state index >= 15 is 13.2 Å². The number of halogens is 3. The number of nitrogens with one attached hydrogen (secondary N) is 1. The quantitative estimate of drug-likeness (QED) is 0.208. The Hall–Kier alpha value is -3.78. The molecule has 0 aliphatic carbocycles. The minimum absolute atomic E-state index is 0.0300. The minimum atomic E-state index is -0.950. The zero-order chi connectivity index (χ0) is 36.4. The second-order valence-corrected chi connectivity index (χ2v) is 16.2. The topological polar surface area (TPSA) is 110 Å². The summed E-state index contributed by atoms with van der Waals surface area (Å²) in [6.45, 7) is 7.35. The fourth-order valence-corrected chi connectivity index (χ4v) is 10.1. The molecule has 53 heavy (non-hydrogen) atoms. The van der Waals surface area contributed by atoms with Crippen LogP contribution < -0.4 is 15.0 Å². The van der Waals surface area contributed by atoms with Crippen molar-refractivity contribution in [3.05, 3.63) is 47.7 Å². The van der Waals surface area contributed by atoms with Gasteiger partial charge in [-0.25, -0.2) is 13.2 Å². The minimum Gasteiger partial charge on any atom is -0.508 e. The van der Waals surface area contributed by atoms with Crippen LogP contribution in [-0.2, 0) is 6.42 Å². The molecule has 5 fully saturated rings. The number of piperidine rings is 1. The van der Waals surface area contributed by atoms with Gasteiger partial charge in [-0.2, -0.15) is 9.97 Å². The summed E-state index contributed by atoms with van der Waals surface area (Å²) in [6.07, 6.45) is 6.68. The molecule has 10 nitrogen and oxygen atoms in total. The summed E-state index contributed by atoms with van der Waals surface area (Å²) in [6, 6.07) is 6.53. The third kappa shape index (κ3) is 6.47. The number of aromatic nitrogens is 3. The highest BCUT2D eigenvalue weighted by atomic mass is 19.1. The van der Waals surface area contributed by atoms with Gasteiger partial charge >= 0.3 is 6.01 Å². The van der Waals surface area contributed by atoms with Crippen molar-refractivity contribution in [1.82, 2.24) is 30.1 Å². The van der Waals surface area contributed by atoms with Gasteiger partial charge < -0.3 is 30.1 Å². The number of piperazine rings is 1. The molecule has 2 bridgehead atoms. The number of rotatable bonds is 9. The first-order valence-corrected chi connectivity index (χ1v) is 19.4. The summed E-state index contributed by atoms with van der Waals surface area (Å²) in [5.41, 5.74) is 0.186. The van der Waals surface area contributed by atoms with Crippen molar-refractivity contribution in [3.8, 4) is 23.0 Å². The van der Waals surface area contributed by atoms with E-state index in [0.717, 1.165) is 64.7 Å². The van der Waals surface area contributed by atoms with Crippen LogP contribution in [0.5, 0.6) is 11.8 Å². The van der Waals surface area contributed by atoms with Crippen molar-refractivity contribution in [2.24, 2.45) is 5.92 Å². The molecule has 3 N–H and O–H groups in total. The van der Waals surface area contributed by atoms with Crippen molar-refractivity contribution in [2.75, 3.05) is 57.3 Å². The van der Waals surface area contributed by atoms with Crippen LogP contribution in [0, 0.1) is 17.6 Å². The lowest BCUT2D eigenvalue weighted by molar-refractivity contribution is 0.0797. The molecule has 0 unspecified atom stereocenters. The lowest BCUT2D eigenvalue weighted by Gasteiger charge is -2.34. The third-order valence-corrected chi connectivity index (χ3v) is 12.6. The maximum atomic E-state index is 17.1. The number of aromatic hydroxyl groups is 1. The standard InChI is InChI=1S/C40H48F3N7O3/c1-2-30-33(42)6-3-24-13-29(52)14-31(34(24)30)36-35(43)37-32(17-44-36)38(49-20-26-4-5-27(21-49)45-26)47-39(46-37)53-22-40-15-23(18-50(40)19-25(41)16-40)7-10-48-11-8-28(51)9-12-48/h3,6,13-14,17,23,25-28,45,51-52H,2,4-5,7-12,15-16,18-22H2,1H3/t23-,25+,26-,27+,40-/m0/s1. The smallest absolute Gasteiger partial charge is 0.319 e. The van der Waals surface area contributed by atoms with E-state index in [0.29, 0.717) is 78.0 Å². The molecular formula is C40H48F3N7O3. The number of phenols is 1. The number of nitrogens with zero attached hydrogens (tertiary/aromatic N) is 6. The fraction of sp³-hybridized carbons (Fsp3) is 0.575. The van der Waals surface area contributed by atoms with Crippen molar-refractivity contribution in [1.29, 1.82) is 0 Å². The molecule has 5 atom stereocenters. The Labute approximate surface area is 307 Å². The van der Waals surface area contributed by atoms with Gasteiger partial charge in [0.15, 0.2) is 5.82 Å². The predicted molar refractivity (Wildman–Crippen MR) is 197 cm³/mol. The van der Waals surface area contributed by atoms with Gasteiger partial charge in [0.2, 0.25) is 0 Å². The number of hydrogen-bond acceptors (Lipinski definition) is 10. The summed E-state index contributed by atoms with van der Waals surface area (Å²) < 4.78 is 53.7. The molecule has 2 aromatic heterocycles. The first-order chi connectivity index (χ1) is 25.7. The molecule has 7 heterocycles. The Balaban J connectivity index is 1.06. The van der Waals surface area contributed by atoms with E-state index in [1.54, 1.807) is 18.3 Å². The number of fused-ring (bicyclic) bond motifs is 5. The van der Waals surface area contributed by atoms with Gasteiger partial charge in [-0.3, -0.25) is 9.88 Å². The van der Waals surface area contributed by atoms with Gasteiger partial charge in [0.25, 0.3) is 0 Å². The van der Waals surface area contributed by atoms with Crippen LogP contribution in [0.2, 0.25) is 0 Å². The van der Waals surface area contributed by atoms with Gasteiger partial charge in [0.1, 0.15) is 41.4 Å². The number of alkyl halides is 1. The van der Waals surface area contributed by atoms with Crippen LogP contribution in [0.1, 0.15) is 57.4 Å². The van der Waals surface area contributed by atoms with Crippen molar-refractivity contribution in [2.45, 2.75) is 88.2 Å². The van der Waals surface area contributed by atoms with Gasteiger partial charge in [-0.15, -0.1) is 0 Å².